The first-order valence-corrected chi connectivity index (χ1v) is 11.1. The first-order chi connectivity index (χ1) is 18.1. The SMILES string of the molecule is C=CC(=O)Nc1ccc(-c2nn3ncnc(N)c3c2-c2ccc(CC(=O)NCC(F)(F)F)c(OC)c2)cc1. The Bertz CT molecular complexity index is 1520. The summed E-state index contributed by atoms with van der Waals surface area (Å²) in [6, 6.07) is 11.8. The lowest BCUT2D eigenvalue weighted by atomic mass is 9.97. The number of nitrogen functional groups attached to an aromatic ring is 1. The molecule has 4 aromatic rings. The van der Waals surface area contributed by atoms with E-state index in [9.17, 15) is 22.8 Å². The molecule has 0 aliphatic heterocycles. The van der Waals surface area contributed by atoms with Gasteiger partial charge < -0.3 is 21.1 Å². The van der Waals surface area contributed by atoms with Gasteiger partial charge in [-0.3, -0.25) is 9.59 Å². The maximum absolute atomic E-state index is 12.5. The summed E-state index contributed by atoms with van der Waals surface area (Å²) in [5.41, 5.74) is 9.87. The molecule has 2 amide bonds. The van der Waals surface area contributed by atoms with Gasteiger partial charge in [0.15, 0.2) is 5.82 Å². The zero-order chi connectivity index (χ0) is 27.4. The summed E-state index contributed by atoms with van der Waals surface area (Å²) in [4.78, 5) is 27.7. The van der Waals surface area contributed by atoms with Crippen molar-refractivity contribution < 1.29 is 27.5 Å². The number of benzene rings is 2. The van der Waals surface area contributed by atoms with Crippen molar-refractivity contribution in [3.63, 3.8) is 0 Å². The fraction of sp³-hybridized carbons (Fsp3) is 0.160. The number of amides is 2. The van der Waals surface area contributed by atoms with Gasteiger partial charge in [0, 0.05) is 22.4 Å². The highest BCUT2D eigenvalue weighted by molar-refractivity contribution is 6.00. The number of anilines is 2. The summed E-state index contributed by atoms with van der Waals surface area (Å²) in [6.45, 7) is 2.00. The van der Waals surface area contributed by atoms with Crippen LogP contribution in [0.5, 0.6) is 5.75 Å². The van der Waals surface area contributed by atoms with Gasteiger partial charge in [-0.2, -0.15) is 13.2 Å². The molecule has 4 N–H and O–H groups in total. The third-order valence-corrected chi connectivity index (χ3v) is 5.49. The number of halogens is 3. The summed E-state index contributed by atoms with van der Waals surface area (Å²) in [6.07, 6.45) is -2.40. The number of methoxy groups -OCH3 is 1. The second-order valence-corrected chi connectivity index (χ2v) is 8.07. The summed E-state index contributed by atoms with van der Waals surface area (Å²) < 4.78 is 44.1. The number of rotatable bonds is 8. The number of alkyl halides is 3. The average Bonchev–Trinajstić information content (AvgIpc) is 3.28. The topological polar surface area (TPSA) is 137 Å². The summed E-state index contributed by atoms with van der Waals surface area (Å²) in [5.74, 6) is -0.703. The Labute approximate surface area is 214 Å². The normalized spacial score (nSPS) is 11.3. The number of nitrogens with zero attached hydrogens (tertiary/aromatic N) is 4. The van der Waals surface area contributed by atoms with Crippen molar-refractivity contribution in [3.05, 3.63) is 67.0 Å². The van der Waals surface area contributed by atoms with E-state index in [-0.39, 0.29) is 23.9 Å². The number of carbonyl (C=O) groups is 2. The third-order valence-electron chi connectivity index (χ3n) is 5.49. The maximum atomic E-state index is 12.5. The first kappa shape index (κ1) is 26.1. The van der Waals surface area contributed by atoms with Crippen molar-refractivity contribution in [3.8, 4) is 28.1 Å². The number of nitrogens with one attached hydrogen (secondary N) is 2. The van der Waals surface area contributed by atoms with Crippen LogP contribution in [0.2, 0.25) is 0 Å². The molecule has 0 atom stereocenters. The van der Waals surface area contributed by atoms with E-state index >= 15 is 0 Å². The molecule has 2 heterocycles. The Hall–Kier alpha value is -4.94. The van der Waals surface area contributed by atoms with Gasteiger partial charge in [-0.05, 0) is 29.8 Å². The Balaban J connectivity index is 1.75. The molecule has 10 nitrogen and oxygen atoms in total. The highest BCUT2D eigenvalue weighted by Crippen LogP contribution is 2.39. The minimum atomic E-state index is -4.51. The molecule has 0 saturated heterocycles. The monoisotopic (exact) mass is 525 g/mol. The molecule has 0 saturated carbocycles. The molecule has 13 heteroatoms. The number of nitrogens with two attached hydrogens (primary N) is 1. The van der Waals surface area contributed by atoms with Gasteiger partial charge in [0.1, 0.15) is 29.8 Å². The van der Waals surface area contributed by atoms with Crippen LogP contribution in [-0.2, 0) is 16.0 Å². The standard InChI is InChI=1S/C25H22F3N7O3/c1-3-19(36)33-17-8-6-14(7-9-17)22-21(23-24(29)31-13-32-35(23)34-22)16-5-4-15(18(10-16)38-2)11-20(37)30-12-25(26,27)28/h3-10,13H,1,11-12H2,2H3,(H,30,37)(H,33,36)(H2,29,31,32). The molecule has 0 unspecified atom stereocenters. The molecule has 196 valence electrons. The number of carbonyl (C=O) groups excluding carboxylic acids is 2. The van der Waals surface area contributed by atoms with Crippen LogP contribution in [-0.4, -0.2) is 51.5 Å². The lowest BCUT2D eigenvalue weighted by molar-refractivity contribution is -0.138. The molecule has 38 heavy (non-hydrogen) atoms. The van der Waals surface area contributed by atoms with Gasteiger partial charge in [0.25, 0.3) is 0 Å². The zero-order valence-corrected chi connectivity index (χ0v) is 20.0. The Morgan fingerprint density at radius 1 is 1.16 bits per heavy atom. The molecule has 0 aliphatic carbocycles. The Kier molecular flexibility index (Phi) is 7.28. The number of fused-ring (bicyclic) bond motifs is 1. The van der Waals surface area contributed by atoms with Gasteiger partial charge in [0.05, 0.1) is 13.5 Å². The number of aromatic nitrogens is 4. The molecule has 0 spiro atoms. The highest BCUT2D eigenvalue weighted by Gasteiger charge is 2.28. The number of hydrogen-bond acceptors (Lipinski definition) is 7. The van der Waals surface area contributed by atoms with E-state index in [1.54, 1.807) is 42.5 Å². The minimum absolute atomic E-state index is 0.165. The largest absolute Gasteiger partial charge is 0.496 e. The van der Waals surface area contributed by atoms with Gasteiger partial charge in [0.2, 0.25) is 11.8 Å². The summed E-state index contributed by atoms with van der Waals surface area (Å²) in [7, 11) is 1.39. The van der Waals surface area contributed by atoms with Crippen LogP contribution in [0, 0.1) is 0 Å². The van der Waals surface area contributed by atoms with E-state index in [2.05, 4.69) is 27.1 Å². The van der Waals surface area contributed by atoms with Crippen LogP contribution in [0.25, 0.3) is 27.9 Å². The number of ether oxygens (including phenoxy) is 1. The van der Waals surface area contributed by atoms with Crippen LogP contribution in [0.4, 0.5) is 24.7 Å². The van der Waals surface area contributed by atoms with Gasteiger partial charge in [-0.15, -0.1) is 14.8 Å². The fourth-order valence-corrected chi connectivity index (χ4v) is 3.78. The molecular weight excluding hydrogens is 503 g/mol. The molecule has 0 radical (unpaired) electrons. The minimum Gasteiger partial charge on any atom is -0.496 e. The highest BCUT2D eigenvalue weighted by atomic mass is 19.4. The number of hydrogen-bond donors (Lipinski definition) is 3. The third kappa shape index (κ3) is 5.72. The second kappa shape index (κ2) is 10.6. The molecule has 0 fully saturated rings. The van der Waals surface area contributed by atoms with Crippen LogP contribution in [0.1, 0.15) is 5.56 Å². The van der Waals surface area contributed by atoms with E-state index in [1.807, 2.05) is 5.32 Å². The Morgan fingerprint density at radius 2 is 1.87 bits per heavy atom. The lowest BCUT2D eigenvalue weighted by Gasteiger charge is -2.13. The van der Waals surface area contributed by atoms with Crippen molar-refractivity contribution >= 4 is 28.8 Å². The van der Waals surface area contributed by atoms with Crippen molar-refractivity contribution in [2.75, 3.05) is 24.7 Å². The quantitative estimate of drug-likeness (QED) is 0.300. The predicted octanol–water partition coefficient (Wildman–Crippen LogP) is 3.39. The molecule has 2 aromatic carbocycles. The van der Waals surface area contributed by atoms with Gasteiger partial charge in [-0.1, -0.05) is 30.8 Å². The van der Waals surface area contributed by atoms with Crippen LogP contribution in [0.3, 0.4) is 0 Å². The van der Waals surface area contributed by atoms with Crippen LogP contribution >= 0.6 is 0 Å². The van der Waals surface area contributed by atoms with Gasteiger partial charge >= 0.3 is 6.18 Å². The van der Waals surface area contributed by atoms with E-state index in [0.29, 0.717) is 39.2 Å². The van der Waals surface area contributed by atoms with Crippen molar-refractivity contribution in [2.24, 2.45) is 0 Å². The smallest absolute Gasteiger partial charge is 0.405 e. The molecule has 2 aromatic heterocycles. The van der Waals surface area contributed by atoms with Gasteiger partial charge in [-0.25, -0.2) is 4.98 Å². The average molecular weight is 525 g/mol. The fourth-order valence-electron chi connectivity index (χ4n) is 3.78. The molecular formula is C25H22F3N7O3. The van der Waals surface area contributed by atoms with Crippen molar-refractivity contribution in [2.45, 2.75) is 12.6 Å². The predicted molar refractivity (Wildman–Crippen MR) is 134 cm³/mol. The van der Waals surface area contributed by atoms with E-state index in [0.717, 1.165) is 6.08 Å². The maximum Gasteiger partial charge on any atom is 0.405 e. The van der Waals surface area contributed by atoms with E-state index < -0.39 is 18.6 Å². The molecule has 0 aliphatic rings. The lowest BCUT2D eigenvalue weighted by Crippen LogP contribution is -2.34. The Morgan fingerprint density at radius 3 is 2.53 bits per heavy atom. The first-order valence-electron chi connectivity index (χ1n) is 11.1. The molecule has 4 rings (SSSR count). The second-order valence-electron chi connectivity index (χ2n) is 8.07. The summed E-state index contributed by atoms with van der Waals surface area (Å²) >= 11 is 0. The van der Waals surface area contributed by atoms with Crippen LogP contribution < -0.4 is 21.1 Å². The van der Waals surface area contributed by atoms with Crippen molar-refractivity contribution in [1.82, 2.24) is 25.1 Å². The van der Waals surface area contributed by atoms with E-state index in [1.165, 1.54) is 18.1 Å². The van der Waals surface area contributed by atoms with Crippen molar-refractivity contribution in [1.29, 1.82) is 0 Å². The van der Waals surface area contributed by atoms with Crippen LogP contribution in [0.15, 0.2) is 61.4 Å². The molecule has 0 bridgehead atoms. The van der Waals surface area contributed by atoms with E-state index in [4.69, 9.17) is 10.5 Å². The summed E-state index contributed by atoms with van der Waals surface area (Å²) in [5, 5.41) is 13.2. The zero-order valence-electron chi connectivity index (χ0n) is 20.0.